The highest BCUT2D eigenvalue weighted by Crippen LogP contribution is 2.50. The van der Waals surface area contributed by atoms with Crippen molar-refractivity contribution in [2.24, 2.45) is 17.8 Å². The lowest BCUT2D eigenvalue weighted by molar-refractivity contribution is -0.239. The standard InChI is InChI=1S/C28H38N2O6/c1-32-17-7-8-18-19-9-10-30-15-16-12-23(36-24-6-4-5-11-35-24)27(33-2)25(28(31)34-3)20(16)14-22(30)26(19)29-21(18)13-17/h7-8,13,16,20,22-25,27,29H,4-6,9-12,14-15H2,1-3H3/t16-,20-,22-,23+,24-,25-,27+/m1/s1. The van der Waals surface area contributed by atoms with Crippen LogP contribution in [0.15, 0.2) is 18.2 Å². The third-order valence-corrected chi connectivity index (χ3v) is 9.07. The number of fused-ring (bicyclic) bond motifs is 6. The van der Waals surface area contributed by atoms with E-state index in [9.17, 15) is 4.79 Å². The van der Waals surface area contributed by atoms with Gasteiger partial charge in [-0.2, -0.15) is 0 Å². The molecule has 4 heterocycles. The molecule has 196 valence electrons. The van der Waals surface area contributed by atoms with Gasteiger partial charge in [0.25, 0.3) is 0 Å². The summed E-state index contributed by atoms with van der Waals surface area (Å²) in [6.45, 7) is 2.70. The van der Waals surface area contributed by atoms with Crippen molar-refractivity contribution in [1.82, 2.24) is 9.88 Å². The lowest BCUT2D eigenvalue weighted by atomic mass is 9.63. The third-order valence-electron chi connectivity index (χ3n) is 9.07. The number of aromatic nitrogens is 1. The van der Waals surface area contributed by atoms with Crippen LogP contribution in [0.1, 0.15) is 49.4 Å². The number of carbonyl (C=O) groups is 1. The van der Waals surface area contributed by atoms with E-state index >= 15 is 0 Å². The van der Waals surface area contributed by atoms with Crippen molar-refractivity contribution in [3.05, 3.63) is 29.5 Å². The van der Waals surface area contributed by atoms with E-state index in [1.165, 1.54) is 23.8 Å². The molecule has 1 aliphatic carbocycles. The molecule has 0 unspecified atom stereocenters. The molecule has 0 bridgehead atoms. The minimum atomic E-state index is -0.357. The highest BCUT2D eigenvalue weighted by atomic mass is 16.7. The van der Waals surface area contributed by atoms with Crippen LogP contribution in [0.4, 0.5) is 0 Å². The molecule has 0 radical (unpaired) electrons. The van der Waals surface area contributed by atoms with E-state index in [2.05, 4.69) is 22.0 Å². The highest BCUT2D eigenvalue weighted by Gasteiger charge is 2.54. The first-order valence-electron chi connectivity index (χ1n) is 13.4. The monoisotopic (exact) mass is 498 g/mol. The summed E-state index contributed by atoms with van der Waals surface area (Å²) in [6.07, 6.45) is 5.13. The Bertz CT molecular complexity index is 1100. The molecule has 7 atom stereocenters. The van der Waals surface area contributed by atoms with E-state index in [-0.39, 0.29) is 42.3 Å². The van der Waals surface area contributed by atoms with Gasteiger partial charge in [0.05, 0.1) is 38.4 Å². The number of rotatable bonds is 5. The van der Waals surface area contributed by atoms with Gasteiger partial charge < -0.3 is 28.7 Å². The summed E-state index contributed by atoms with van der Waals surface area (Å²) in [5.74, 6) is 0.819. The van der Waals surface area contributed by atoms with Gasteiger partial charge in [-0.05, 0) is 68.1 Å². The molecule has 0 amide bonds. The van der Waals surface area contributed by atoms with Crippen molar-refractivity contribution in [3.8, 4) is 5.75 Å². The molecule has 4 aliphatic rings. The van der Waals surface area contributed by atoms with E-state index in [0.717, 1.165) is 69.5 Å². The van der Waals surface area contributed by atoms with Gasteiger partial charge in [0, 0.05) is 49.5 Å². The van der Waals surface area contributed by atoms with Crippen molar-refractivity contribution in [1.29, 1.82) is 0 Å². The number of benzene rings is 1. The lowest BCUT2D eigenvalue weighted by Gasteiger charge is -2.53. The summed E-state index contributed by atoms with van der Waals surface area (Å²) in [5.41, 5.74) is 3.80. The smallest absolute Gasteiger partial charge is 0.311 e. The first-order chi connectivity index (χ1) is 17.6. The molecule has 3 aliphatic heterocycles. The Morgan fingerprint density at radius 1 is 1.17 bits per heavy atom. The number of hydrogen-bond acceptors (Lipinski definition) is 7. The largest absolute Gasteiger partial charge is 0.497 e. The molecule has 36 heavy (non-hydrogen) atoms. The van der Waals surface area contributed by atoms with Crippen molar-refractivity contribution in [2.75, 3.05) is 41.0 Å². The van der Waals surface area contributed by atoms with Crippen LogP contribution in [0, 0.1) is 17.8 Å². The van der Waals surface area contributed by atoms with Crippen LogP contribution in [-0.4, -0.2) is 75.4 Å². The first-order valence-corrected chi connectivity index (χ1v) is 13.4. The molecule has 3 fully saturated rings. The summed E-state index contributed by atoms with van der Waals surface area (Å²) in [6, 6.07) is 6.53. The normalized spacial score (nSPS) is 34.5. The van der Waals surface area contributed by atoms with Crippen LogP contribution in [0.2, 0.25) is 0 Å². The summed E-state index contributed by atoms with van der Waals surface area (Å²) in [4.78, 5) is 19.5. The number of nitrogens with one attached hydrogen (secondary N) is 1. The van der Waals surface area contributed by atoms with Gasteiger partial charge in [0.15, 0.2) is 6.29 Å². The summed E-state index contributed by atoms with van der Waals surface area (Å²) >= 11 is 0. The Labute approximate surface area is 212 Å². The highest BCUT2D eigenvalue weighted by molar-refractivity contribution is 5.86. The maximum Gasteiger partial charge on any atom is 0.311 e. The van der Waals surface area contributed by atoms with Gasteiger partial charge in [0.2, 0.25) is 0 Å². The number of ether oxygens (including phenoxy) is 5. The second-order valence-corrected chi connectivity index (χ2v) is 10.8. The Kier molecular flexibility index (Phi) is 6.71. The van der Waals surface area contributed by atoms with Crippen molar-refractivity contribution >= 4 is 16.9 Å². The Balaban J connectivity index is 1.30. The first kappa shape index (κ1) is 24.2. The number of H-pyrrole nitrogens is 1. The Morgan fingerprint density at radius 2 is 2.06 bits per heavy atom. The summed E-state index contributed by atoms with van der Waals surface area (Å²) in [7, 11) is 4.88. The fourth-order valence-corrected chi connectivity index (χ4v) is 7.39. The van der Waals surface area contributed by atoms with Crippen molar-refractivity contribution in [3.63, 3.8) is 0 Å². The molecular weight excluding hydrogens is 460 g/mol. The number of methoxy groups -OCH3 is 3. The molecule has 6 rings (SSSR count). The Morgan fingerprint density at radius 3 is 2.81 bits per heavy atom. The predicted octanol–water partition coefficient (Wildman–Crippen LogP) is 3.83. The maximum atomic E-state index is 13.2. The number of esters is 1. The molecule has 1 saturated carbocycles. The van der Waals surface area contributed by atoms with Crippen LogP contribution in [0.25, 0.3) is 10.9 Å². The fraction of sp³-hybridized carbons (Fsp3) is 0.679. The quantitative estimate of drug-likeness (QED) is 0.628. The summed E-state index contributed by atoms with van der Waals surface area (Å²) < 4.78 is 29.2. The molecule has 2 aromatic rings. The molecule has 1 aromatic carbocycles. The number of hydrogen-bond donors (Lipinski definition) is 1. The molecule has 8 heteroatoms. The zero-order valence-electron chi connectivity index (χ0n) is 21.5. The number of piperidine rings is 1. The molecule has 1 aromatic heterocycles. The van der Waals surface area contributed by atoms with E-state index < -0.39 is 0 Å². The van der Waals surface area contributed by atoms with E-state index in [4.69, 9.17) is 23.7 Å². The zero-order chi connectivity index (χ0) is 24.8. The molecule has 1 N–H and O–H groups in total. The van der Waals surface area contributed by atoms with E-state index in [1.807, 2.05) is 6.07 Å². The van der Waals surface area contributed by atoms with Crippen LogP contribution in [-0.2, 0) is 30.2 Å². The maximum absolute atomic E-state index is 13.2. The topological polar surface area (TPSA) is 82.3 Å². The van der Waals surface area contributed by atoms with Crippen molar-refractivity contribution < 1.29 is 28.5 Å². The van der Waals surface area contributed by atoms with Gasteiger partial charge >= 0.3 is 5.97 Å². The molecule has 0 spiro atoms. The second kappa shape index (κ2) is 9.97. The van der Waals surface area contributed by atoms with Crippen LogP contribution >= 0.6 is 0 Å². The lowest BCUT2D eigenvalue weighted by Crippen LogP contribution is -2.58. The van der Waals surface area contributed by atoms with E-state index in [0.29, 0.717) is 5.92 Å². The minimum absolute atomic E-state index is 0.169. The SMILES string of the molecule is COC(=O)[C@@H]1[C@@H]2C[C@@H]3c4[nH]c5cc(OC)ccc5c4CCN3C[C@H]2C[C@H](O[C@@H]2CCCCO2)[C@@H]1OC. The van der Waals surface area contributed by atoms with Crippen molar-refractivity contribution in [2.45, 2.75) is 63.1 Å². The Hall–Kier alpha value is -2.13. The van der Waals surface area contributed by atoms with Gasteiger partial charge in [-0.3, -0.25) is 9.69 Å². The fourth-order valence-electron chi connectivity index (χ4n) is 7.39. The van der Waals surface area contributed by atoms with E-state index in [1.54, 1.807) is 14.2 Å². The number of nitrogens with zero attached hydrogens (tertiary/aromatic N) is 1. The predicted molar refractivity (Wildman–Crippen MR) is 134 cm³/mol. The van der Waals surface area contributed by atoms with Crippen LogP contribution in [0.3, 0.4) is 0 Å². The number of carbonyl (C=O) groups excluding carboxylic acids is 1. The second-order valence-electron chi connectivity index (χ2n) is 10.8. The average molecular weight is 499 g/mol. The zero-order valence-corrected chi connectivity index (χ0v) is 21.5. The van der Waals surface area contributed by atoms with Crippen LogP contribution < -0.4 is 4.74 Å². The minimum Gasteiger partial charge on any atom is -0.497 e. The summed E-state index contributed by atoms with van der Waals surface area (Å²) in [5, 5.41) is 1.27. The average Bonchev–Trinajstić information content (AvgIpc) is 3.29. The number of aromatic amines is 1. The third kappa shape index (κ3) is 4.12. The van der Waals surface area contributed by atoms with Crippen LogP contribution in [0.5, 0.6) is 5.75 Å². The van der Waals surface area contributed by atoms with Gasteiger partial charge in [-0.25, -0.2) is 0 Å². The molecule has 8 nitrogen and oxygen atoms in total. The van der Waals surface area contributed by atoms with Gasteiger partial charge in [-0.1, -0.05) is 0 Å². The molecule has 2 saturated heterocycles. The van der Waals surface area contributed by atoms with Gasteiger partial charge in [0.1, 0.15) is 5.75 Å². The van der Waals surface area contributed by atoms with Gasteiger partial charge in [-0.15, -0.1) is 0 Å². The molecular formula is C28H38N2O6.